The van der Waals surface area contributed by atoms with E-state index in [1.807, 2.05) is 0 Å². The first-order chi connectivity index (χ1) is 22.3. The molecular weight excluding hydrogens is 790 g/mol. The Bertz CT molecular complexity index is 975. The fraction of sp³-hybridized carbons (Fsp3) is 1.00. The summed E-state index contributed by atoms with van der Waals surface area (Å²) in [7, 11) is -3.94. The lowest BCUT2D eigenvalue weighted by Gasteiger charge is -2.32. The lowest BCUT2D eigenvalue weighted by molar-refractivity contribution is -0.304. The highest BCUT2D eigenvalue weighted by atomic mass is 28.4. The maximum Gasteiger partial charge on any atom is 0.453 e. The van der Waals surface area contributed by atoms with Crippen molar-refractivity contribution >= 4 is 8.56 Å². The van der Waals surface area contributed by atoms with E-state index in [1.165, 1.54) is 13.8 Å². The predicted octanol–water partition coefficient (Wildman–Crippen LogP) is 12.6. The molecule has 0 N–H and O–H groups in total. The Kier molecular flexibility index (Phi) is 16.5. The second-order valence-corrected chi connectivity index (χ2v) is 15.5. The highest BCUT2D eigenvalue weighted by Gasteiger charge is 2.64. The minimum Gasteiger partial charge on any atom is -0.394 e. The third-order valence-corrected chi connectivity index (χ3v) is 10.7. The monoisotopic (exact) mass is 824 g/mol. The average Bonchev–Trinajstić information content (AvgIpc) is 2.77. The molecule has 0 fully saturated rings. The number of halogens is 22. The van der Waals surface area contributed by atoms with Crippen LogP contribution in [0, 0.1) is 0 Å². The van der Waals surface area contributed by atoms with Gasteiger partial charge in [-0.2, -0.15) is 43.9 Å². The molecule has 0 aromatic carbocycles. The van der Waals surface area contributed by atoms with Gasteiger partial charge in [-0.05, 0) is 38.8 Å². The molecule has 51 heavy (non-hydrogen) atoms. The fourth-order valence-electron chi connectivity index (χ4n) is 5.00. The van der Waals surface area contributed by atoms with Crippen LogP contribution in [-0.2, 0) is 8.85 Å². The molecule has 0 aromatic heterocycles. The maximum absolute atomic E-state index is 14.4. The van der Waals surface area contributed by atoms with Crippen LogP contribution in [-0.4, -0.2) is 81.5 Å². The van der Waals surface area contributed by atoms with E-state index in [2.05, 4.69) is 0 Å². The van der Waals surface area contributed by atoms with Crippen LogP contribution < -0.4 is 0 Å². The minimum atomic E-state index is -6.56. The van der Waals surface area contributed by atoms with E-state index >= 15 is 0 Å². The van der Waals surface area contributed by atoms with Crippen LogP contribution in [0.25, 0.3) is 0 Å². The molecule has 0 amide bonds. The van der Waals surface area contributed by atoms with Crippen LogP contribution in [0.4, 0.5) is 96.6 Å². The van der Waals surface area contributed by atoms with Crippen LogP contribution >= 0.6 is 0 Å². The topological polar surface area (TPSA) is 18.5 Å². The van der Waals surface area contributed by atoms with Gasteiger partial charge in [-0.1, -0.05) is 0 Å². The zero-order valence-corrected chi connectivity index (χ0v) is 27.5. The fourth-order valence-corrected chi connectivity index (χ4v) is 8.40. The number of rotatable bonds is 24. The van der Waals surface area contributed by atoms with Gasteiger partial charge in [0.1, 0.15) is 0 Å². The van der Waals surface area contributed by atoms with Crippen LogP contribution in [0.15, 0.2) is 0 Å². The van der Waals surface area contributed by atoms with Crippen molar-refractivity contribution in [3.63, 3.8) is 0 Å². The molecule has 308 valence electrons. The summed E-state index contributed by atoms with van der Waals surface area (Å²) >= 11 is 0. The molecule has 0 bridgehead atoms. The number of hydrogen-bond acceptors (Lipinski definition) is 2. The van der Waals surface area contributed by atoms with Gasteiger partial charge in [0, 0.05) is 26.1 Å². The molecule has 0 aliphatic rings. The summed E-state index contributed by atoms with van der Waals surface area (Å²) in [6.07, 6.45) is -36.6. The van der Waals surface area contributed by atoms with Crippen LogP contribution in [0.3, 0.4) is 0 Å². The van der Waals surface area contributed by atoms with E-state index in [4.69, 9.17) is 8.85 Å². The normalized spacial score (nSPS) is 15.5. The molecule has 0 radical (unpaired) electrons. The summed E-state index contributed by atoms with van der Waals surface area (Å²) in [4.78, 5) is 0. The standard InChI is InChI=1S/C26H34F22O2Si/c1-3-49-51(50-4-2,9-5-7-17(27,28)11-19(31,32)13-21(35,36)15-23(39,40)25(43,44)45)10-6-8-18(29,30)12-20(33,34)14-22(37,38)16-24(41,42)26(46,47)48/h3-16H2,1-2H3. The van der Waals surface area contributed by atoms with Crippen molar-refractivity contribution in [2.45, 2.75) is 150 Å². The van der Waals surface area contributed by atoms with Gasteiger partial charge in [0.15, 0.2) is 0 Å². The molecule has 0 unspecified atom stereocenters. The van der Waals surface area contributed by atoms with Crippen LogP contribution in [0.2, 0.25) is 12.1 Å². The molecule has 2 nitrogen and oxygen atoms in total. The van der Waals surface area contributed by atoms with E-state index < -0.39 is 145 Å². The van der Waals surface area contributed by atoms with Crippen molar-refractivity contribution in [2.75, 3.05) is 13.2 Å². The quantitative estimate of drug-likeness (QED) is 0.0713. The van der Waals surface area contributed by atoms with E-state index in [-0.39, 0.29) is 13.2 Å². The SMILES string of the molecule is CCO[Si](CCCC(F)(F)CC(F)(F)CC(F)(F)CC(F)(F)C(F)(F)F)(CCCC(F)(F)CC(F)(F)CC(F)(F)CC(F)(F)C(F)(F)F)OCC. The Morgan fingerprint density at radius 1 is 0.353 bits per heavy atom. The van der Waals surface area contributed by atoms with Crippen molar-refractivity contribution in [1.82, 2.24) is 0 Å². The molecular formula is C26H34F22O2Si. The van der Waals surface area contributed by atoms with Gasteiger partial charge in [-0.3, -0.25) is 0 Å². The first-order valence-corrected chi connectivity index (χ1v) is 16.9. The molecule has 0 heterocycles. The summed E-state index contributed by atoms with van der Waals surface area (Å²) in [6.45, 7) is 1.97. The van der Waals surface area contributed by atoms with Gasteiger partial charge in [0.2, 0.25) is 0 Å². The smallest absolute Gasteiger partial charge is 0.394 e. The highest BCUT2D eigenvalue weighted by Crippen LogP contribution is 2.49. The lowest BCUT2D eigenvalue weighted by Crippen LogP contribution is -2.44. The first kappa shape index (κ1) is 49.6. The summed E-state index contributed by atoms with van der Waals surface area (Å²) in [5.74, 6) is -42.7. The summed E-state index contributed by atoms with van der Waals surface area (Å²) < 4.78 is 304. The highest BCUT2D eigenvalue weighted by molar-refractivity contribution is 6.67. The van der Waals surface area contributed by atoms with Gasteiger partial charge in [0.05, 0.1) is 38.5 Å². The van der Waals surface area contributed by atoms with Crippen molar-refractivity contribution in [2.24, 2.45) is 0 Å². The van der Waals surface area contributed by atoms with Crippen molar-refractivity contribution in [3.05, 3.63) is 0 Å². The lowest BCUT2D eigenvalue weighted by atomic mass is 9.97. The van der Waals surface area contributed by atoms with Crippen LogP contribution in [0.1, 0.15) is 78.1 Å². The van der Waals surface area contributed by atoms with Crippen molar-refractivity contribution < 1.29 is 105 Å². The van der Waals surface area contributed by atoms with E-state index in [0.717, 1.165) is 0 Å². The number of alkyl halides is 22. The van der Waals surface area contributed by atoms with Gasteiger partial charge >= 0.3 is 32.8 Å². The maximum atomic E-state index is 14.4. The molecule has 0 spiro atoms. The molecule has 0 saturated carbocycles. The van der Waals surface area contributed by atoms with Gasteiger partial charge in [-0.25, -0.2) is 52.7 Å². The molecule has 25 heteroatoms. The molecule has 0 aliphatic heterocycles. The molecule has 0 saturated heterocycles. The molecule has 0 aliphatic carbocycles. The van der Waals surface area contributed by atoms with Crippen LogP contribution in [0.5, 0.6) is 0 Å². The molecule has 0 aromatic rings. The van der Waals surface area contributed by atoms with E-state index in [9.17, 15) is 96.6 Å². The third kappa shape index (κ3) is 18.0. The summed E-state index contributed by atoms with van der Waals surface area (Å²) in [5, 5.41) is 0. The Hall–Kier alpha value is -1.40. The average molecular weight is 825 g/mol. The summed E-state index contributed by atoms with van der Waals surface area (Å²) in [6, 6.07) is -1.27. The van der Waals surface area contributed by atoms with E-state index in [0.29, 0.717) is 0 Å². The molecule has 0 atom stereocenters. The first-order valence-electron chi connectivity index (χ1n) is 14.7. The van der Waals surface area contributed by atoms with Crippen molar-refractivity contribution in [3.8, 4) is 0 Å². The van der Waals surface area contributed by atoms with Gasteiger partial charge < -0.3 is 8.85 Å². The summed E-state index contributed by atoms with van der Waals surface area (Å²) in [5.41, 5.74) is 0. The Morgan fingerprint density at radius 2 is 0.588 bits per heavy atom. The Morgan fingerprint density at radius 3 is 0.824 bits per heavy atom. The largest absolute Gasteiger partial charge is 0.453 e. The van der Waals surface area contributed by atoms with Crippen molar-refractivity contribution in [1.29, 1.82) is 0 Å². The predicted molar refractivity (Wildman–Crippen MR) is 136 cm³/mol. The zero-order chi connectivity index (χ0) is 40.8. The van der Waals surface area contributed by atoms with Gasteiger partial charge in [0.25, 0.3) is 35.5 Å². The molecule has 0 rings (SSSR count). The Labute approximate surface area is 277 Å². The third-order valence-electron chi connectivity index (χ3n) is 6.88. The second kappa shape index (κ2) is 16.9. The number of hydrogen-bond donors (Lipinski definition) is 0. The Balaban J connectivity index is 5.51. The van der Waals surface area contributed by atoms with Gasteiger partial charge in [-0.15, -0.1) is 0 Å². The minimum absolute atomic E-state index is 0.301. The van der Waals surface area contributed by atoms with E-state index in [1.54, 1.807) is 0 Å². The second-order valence-electron chi connectivity index (χ2n) is 12.1. The zero-order valence-electron chi connectivity index (χ0n) is 26.5.